The number of halogens is 1. The van der Waals surface area contributed by atoms with Crippen molar-refractivity contribution in [2.75, 3.05) is 26.9 Å². The zero-order valence-corrected chi connectivity index (χ0v) is 27.1. The number of hydrogen-bond acceptors (Lipinski definition) is 9. The quantitative estimate of drug-likeness (QED) is 0.116. The molecule has 0 amide bonds. The highest BCUT2D eigenvalue weighted by Gasteiger charge is 2.36. The van der Waals surface area contributed by atoms with Crippen LogP contribution in [0.3, 0.4) is 0 Å². The summed E-state index contributed by atoms with van der Waals surface area (Å²) in [6.07, 6.45) is 4.29. The van der Waals surface area contributed by atoms with Crippen LogP contribution in [-0.4, -0.2) is 80.3 Å². The van der Waals surface area contributed by atoms with Crippen LogP contribution in [0.5, 0.6) is 0 Å². The highest BCUT2D eigenvalue weighted by Crippen LogP contribution is 2.42. The van der Waals surface area contributed by atoms with Gasteiger partial charge < -0.3 is 18.8 Å². The van der Waals surface area contributed by atoms with E-state index in [-0.39, 0.29) is 35.4 Å². The lowest BCUT2D eigenvalue weighted by Gasteiger charge is -2.32. The summed E-state index contributed by atoms with van der Waals surface area (Å²) in [4.78, 5) is 22.8. The molecule has 238 valence electrons. The zero-order valence-electron chi connectivity index (χ0n) is 29.1. The first-order chi connectivity index (χ1) is 22.8. The molecule has 6 heterocycles. The predicted octanol–water partition coefficient (Wildman–Crippen LogP) is 5.14. The normalized spacial score (nSPS) is 16.5. The summed E-state index contributed by atoms with van der Waals surface area (Å²) in [7, 11) is 1.50. The fraction of sp³-hybridized carbons (Fsp3) is 0.484. The number of pyridine rings is 2. The lowest BCUT2D eigenvalue weighted by atomic mass is 9.88. The Labute approximate surface area is 265 Å². The topological polar surface area (TPSA) is 124 Å². The predicted molar refractivity (Wildman–Crippen MR) is 169 cm³/mol. The van der Waals surface area contributed by atoms with E-state index in [1.807, 2.05) is 4.57 Å². The van der Waals surface area contributed by atoms with Gasteiger partial charge in [0.25, 0.3) is 0 Å². The van der Waals surface area contributed by atoms with Crippen molar-refractivity contribution in [3.05, 3.63) is 53.5 Å². The van der Waals surface area contributed by atoms with E-state index in [9.17, 15) is 4.79 Å². The van der Waals surface area contributed by atoms with Crippen LogP contribution in [0.1, 0.15) is 44.9 Å². The van der Waals surface area contributed by atoms with Crippen LogP contribution >= 0.6 is 0 Å². The van der Waals surface area contributed by atoms with Gasteiger partial charge in [0.15, 0.2) is 5.69 Å². The monoisotopic (exact) mass is 637 g/mol. The van der Waals surface area contributed by atoms with E-state index in [1.54, 1.807) is 24.0 Å². The molecule has 0 bridgehead atoms. The van der Waals surface area contributed by atoms with Crippen LogP contribution in [0.4, 0.5) is 4.39 Å². The van der Waals surface area contributed by atoms with Gasteiger partial charge in [-0.05, 0) is 49.9 Å². The first-order valence-electron chi connectivity index (χ1n) is 16.5. The summed E-state index contributed by atoms with van der Waals surface area (Å²) in [5.41, 5.74) is 2.58. The number of rotatable bonds is 10. The van der Waals surface area contributed by atoms with E-state index in [2.05, 4.69) is 40.0 Å². The third-order valence-corrected chi connectivity index (χ3v) is 9.97. The Morgan fingerprint density at radius 3 is 2.76 bits per heavy atom. The van der Waals surface area contributed by atoms with Crippen LogP contribution < -0.4 is 0 Å². The Morgan fingerprint density at radius 2 is 2.04 bits per heavy atom. The molecule has 0 saturated carbocycles. The molecule has 6 rings (SSSR count). The molecule has 1 saturated heterocycles. The highest BCUT2D eigenvalue weighted by atomic mass is 28.3. The average Bonchev–Trinajstić information content (AvgIpc) is 3.71. The summed E-state index contributed by atoms with van der Waals surface area (Å²) >= 11 is 0. The number of ether oxygens (including phenoxy) is 3. The minimum absolute atomic E-state index is 0.0135. The molecule has 0 spiro atoms. The maximum atomic E-state index is 15.8. The maximum absolute atomic E-state index is 15.8. The number of methoxy groups -OCH3 is 1. The molecule has 14 heteroatoms. The second-order valence-electron chi connectivity index (χ2n) is 12.5. The van der Waals surface area contributed by atoms with E-state index in [0.717, 1.165) is 6.04 Å². The SMILES string of the molecule is [2H]C([2H])([2H])c1nnn(C)c1-c1cnc2c3c(c(C(=O)OC)nn3COCC[Si](C)(C)C)n(C(c3ncccc3F)C3CCOCC3)c2c1. The van der Waals surface area contributed by atoms with Crippen LogP contribution in [0, 0.1) is 18.6 Å². The molecule has 1 fully saturated rings. The first kappa shape index (κ1) is 27.3. The first-order valence-corrected chi connectivity index (χ1v) is 18.7. The number of carbonyl (C=O) groups excluding carboxylic acids is 1. The van der Waals surface area contributed by atoms with Crippen LogP contribution in [0.2, 0.25) is 25.7 Å². The Balaban J connectivity index is 1.67. The lowest BCUT2D eigenvalue weighted by molar-refractivity contribution is 0.0539. The third kappa shape index (κ3) is 5.89. The van der Waals surface area contributed by atoms with Crippen molar-refractivity contribution in [3.8, 4) is 11.3 Å². The molecule has 0 aliphatic carbocycles. The molecule has 5 aromatic heterocycles. The number of hydrogen-bond donors (Lipinski definition) is 0. The zero-order chi connectivity index (χ0) is 34.4. The number of nitrogens with zero attached hydrogens (tertiary/aromatic N) is 8. The molecule has 1 unspecified atom stereocenters. The summed E-state index contributed by atoms with van der Waals surface area (Å²) < 4.78 is 61.9. The van der Waals surface area contributed by atoms with Gasteiger partial charge >= 0.3 is 5.97 Å². The van der Waals surface area contributed by atoms with Gasteiger partial charge in [-0.15, -0.1) is 5.10 Å². The smallest absolute Gasteiger partial charge is 0.360 e. The molecule has 5 aromatic rings. The molecule has 0 radical (unpaired) electrons. The van der Waals surface area contributed by atoms with Crippen molar-refractivity contribution < 1.29 is 27.5 Å². The maximum Gasteiger partial charge on any atom is 0.360 e. The van der Waals surface area contributed by atoms with Gasteiger partial charge in [-0.25, -0.2) is 18.5 Å². The molecule has 1 aliphatic rings. The Bertz CT molecular complexity index is 1960. The molecule has 12 nitrogen and oxygen atoms in total. The van der Waals surface area contributed by atoms with E-state index < -0.39 is 32.8 Å². The fourth-order valence-electron chi connectivity index (χ4n) is 6.01. The minimum atomic E-state index is -2.54. The number of esters is 1. The molecule has 1 atom stereocenters. The van der Waals surface area contributed by atoms with Crippen molar-refractivity contribution in [2.45, 2.75) is 58.2 Å². The van der Waals surface area contributed by atoms with Gasteiger partial charge in [-0.1, -0.05) is 24.9 Å². The largest absolute Gasteiger partial charge is 0.464 e. The molecule has 0 aromatic carbocycles. The van der Waals surface area contributed by atoms with E-state index in [1.165, 1.54) is 30.1 Å². The highest BCUT2D eigenvalue weighted by molar-refractivity contribution is 6.76. The van der Waals surface area contributed by atoms with Gasteiger partial charge in [-0.2, -0.15) is 5.10 Å². The van der Waals surface area contributed by atoms with Gasteiger partial charge in [0, 0.05) is 57.0 Å². The van der Waals surface area contributed by atoms with Crippen molar-refractivity contribution in [1.29, 1.82) is 0 Å². The molecular formula is C31H39FN8O4Si. The van der Waals surface area contributed by atoms with Crippen molar-refractivity contribution in [2.24, 2.45) is 13.0 Å². The van der Waals surface area contributed by atoms with Crippen LogP contribution in [0.25, 0.3) is 33.3 Å². The van der Waals surface area contributed by atoms with E-state index in [4.69, 9.17) is 23.3 Å². The molecular weight excluding hydrogens is 595 g/mol. The Kier molecular flexibility index (Phi) is 7.53. The molecule has 1 aliphatic heterocycles. The second kappa shape index (κ2) is 12.4. The lowest BCUT2D eigenvalue weighted by Crippen LogP contribution is -2.28. The average molecular weight is 638 g/mol. The number of aryl methyl sites for hydroxylation is 2. The number of carbonyl (C=O) groups is 1. The summed E-state index contributed by atoms with van der Waals surface area (Å²) in [6, 6.07) is 4.89. The summed E-state index contributed by atoms with van der Waals surface area (Å²) in [6.45, 7) is 5.72. The third-order valence-electron chi connectivity index (χ3n) is 8.27. The Morgan fingerprint density at radius 1 is 1.24 bits per heavy atom. The van der Waals surface area contributed by atoms with Crippen LogP contribution in [-0.2, 0) is 28.0 Å². The molecule has 0 N–H and O–H groups in total. The van der Waals surface area contributed by atoms with Crippen LogP contribution in [0.15, 0.2) is 30.6 Å². The number of fused-ring (bicyclic) bond motifs is 3. The van der Waals surface area contributed by atoms with Gasteiger partial charge in [0.05, 0.1) is 35.8 Å². The van der Waals surface area contributed by atoms with Crippen molar-refractivity contribution in [3.63, 3.8) is 0 Å². The van der Waals surface area contributed by atoms with Crippen molar-refractivity contribution >= 4 is 36.1 Å². The second-order valence-corrected chi connectivity index (χ2v) is 18.1. The summed E-state index contributed by atoms with van der Waals surface area (Å²) in [5.74, 6) is -1.34. The summed E-state index contributed by atoms with van der Waals surface area (Å²) in [5, 5.41) is 12.6. The van der Waals surface area contributed by atoms with Crippen molar-refractivity contribution in [1.82, 2.24) is 39.3 Å². The number of aromatic nitrogens is 8. The fourth-order valence-corrected chi connectivity index (χ4v) is 6.77. The van der Waals surface area contributed by atoms with Gasteiger partial charge in [0.2, 0.25) is 0 Å². The van der Waals surface area contributed by atoms with E-state index >= 15 is 4.39 Å². The standard InChI is InChI=1S/C31H39FN8O4Si/c1-19-27(38(2)37-35-19)21-16-23-25(34-17-21)29-30(26(31(41)42-3)36-39(29)18-44-14-15-45(4,5)6)40(23)28(20-9-12-43-13-10-20)24-22(32)8-7-11-33-24/h7-8,11,16-17,20,28H,9-10,12-15,18H2,1-6H3/i1D3. The minimum Gasteiger partial charge on any atom is -0.464 e. The van der Waals surface area contributed by atoms with Gasteiger partial charge in [0.1, 0.15) is 29.1 Å². The molecule has 45 heavy (non-hydrogen) atoms. The van der Waals surface area contributed by atoms with Gasteiger partial charge in [-0.3, -0.25) is 9.97 Å². The Hall–Kier alpha value is -4.01. The van der Waals surface area contributed by atoms with E-state index in [0.29, 0.717) is 60.3 Å².